The first-order chi connectivity index (χ1) is 24.5. The van der Waals surface area contributed by atoms with E-state index in [4.69, 9.17) is 9.05 Å². The van der Waals surface area contributed by atoms with Crippen LogP contribution in [0.25, 0.3) is 0 Å². The number of amides is 1. The first-order valence-corrected chi connectivity index (χ1v) is 23.0. The lowest BCUT2D eigenvalue weighted by atomic mass is 10.0. The van der Waals surface area contributed by atoms with Gasteiger partial charge in [0, 0.05) is 6.42 Å². The second-order valence-corrected chi connectivity index (χ2v) is 17.5. The van der Waals surface area contributed by atoms with E-state index in [-0.39, 0.29) is 19.1 Å². The summed E-state index contributed by atoms with van der Waals surface area (Å²) in [5.41, 5.74) is 0. The maximum Gasteiger partial charge on any atom is 0.472 e. The SMILES string of the molecule is CCCCCCCC/C=C/CCCCCCCCCCCC(=O)N[C@@H](COP(=O)(O)OCC[N+](C)(C)C)[C@H](O)CCCCCCCCCCCC. The van der Waals surface area contributed by atoms with E-state index in [0.717, 1.165) is 38.5 Å². The Kier molecular flexibility index (Phi) is 34.5. The summed E-state index contributed by atoms with van der Waals surface area (Å²) in [7, 11) is 1.62. The minimum absolute atomic E-state index is 0.0759. The Hall–Kier alpha value is -0.760. The van der Waals surface area contributed by atoms with E-state index in [1.54, 1.807) is 0 Å². The standard InChI is InChI=1S/C42H85N2O6P/c1-6-8-10-12-14-16-18-19-20-21-22-23-24-25-26-28-30-32-34-36-42(46)43-40(39-50-51(47,48)49-38-37-44(3,4)5)41(45)35-33-31-29-27-17-15-13-11-9-7-2/h19-20,40-41,45H,6-18,21-39H2,1-5H3,(H-,43,46,47,48)/p+1/b20-19+/t40-,41+/m0/s1. The third-order valence-corrected chi connectivity index (χ3v) is 10.7. The van der Waals surface area contributed by atoms with Gasteiger partial charge in [0.05, 0.1) is 39.9 Å². The first-order valence-electron chi connectivity index (χ1n) is 21.6. The van der Waals surface area contributed by atoms with E-state index in [1.807, 2.05) is 21.1 Å². The fourth-order valence-electron chi connectivity index (χ4n) is 6.28. The second-order valence-electron chi connectivity index (χ2n) is 16.1. The van der Waals surface area contributed by atoms with Gasteiger partial charge in [0.2, 0.25) is 5.91 Å². The largest absolute Gasteiger partial charge is 0.472 e. The molecule has 304 valence electrons. The van der Waals surface area contributed by atoms with Crippen LogP contribution in [-0.4, -0.2) is 73.4 Å². The Morgan fingerprint density at radius 3 is 1.51 bits per heavy atom. The molecule has 3 atom stereocenters. The molecule has 0 rings (SSSR count). The number of quaternary nitrogens is 1. The molecular formula is C42H86N2O6P+. The van der Waals surface area contributed by atoms with Crippen molar-refractivity contribution in [2.45, 2.75) is 212 Å². The summed E-state index contributed by atoms with van der Waals surface area (Å²) in [6.07, 6.45) is 38.1. The molecule has 0 heterocycles. The third-order valence-electron chi connectivity index (χ3n) is 9.76. The summed E-state index contributed by atoms with van der Waals surface area (Å²) < 4.78 is 23.5. The first kappa shape index (κ1) is 50.2. The third kappa shape index (κ3) is 37.4. The van der Waals surface area contributed by atoms with Gasteiger partial charge in [0.1, 0.15) is 13.2 Å². The fraction of sp³-hybridized carbons (Fsp3) is 0.929. The number of phosphoric acid groups is 1. The molecule has 0 aliphatic rings. The second kappa shape index (κ2) is 35.0. The lowest BCUT2D eigenvalue weighted by Gasteiger charge is -2.26. The molecule has 9 heteroatoms. The molecule has 0 aromatic heterocycles. The maximum atomic E-state index is 12.8. The highest BCUT2D eigenvalue weighted by Crippen LogP contribution is 2.43. The molecule has 0 radical (unpaired) electrons. The molecule has 0 aromatic rings. The number of carbonyl (C=O) groups excluding carboxylic acids is 1. The lowest BCUT2D eigenvalue weighted by molar-refractivity contribution is -0.870. The van der Waals surface area contributed by atoms with Crippen LogP contribution in [-0.2, 0) is 18.4 Å². The van der Waals surface area contributed by atoms with Crippen molar-refractivity contribution in [1.82, 2.24) is 5.32 Å². The predicted molar refractivity (Wildman–Crippen MR) is 217 cm³/mol. The van der Waals surface area contributed by atoms with Gasteiger partial charge in [-0.15, -0.1) is 0 Å². The van der Waals surface area contributed by atoms with Crippen LogP contribution < -0.4 is 5.32 Å². The van der Waals surface area contributed by atoms with Crippen LogP contribution in [0.15, 0.2) is 12.2 Å². The zero-order chi connectivity index (χ0) is 37.9. The molecule has 3 N–H and O–H groups in total. The van der Waals surface area contributed by atoms with E-state index in [0.29, 0.717) is 23.9 Å². The Labute approximate surface area is 316 Å². The lowest BCUT2D eigenvalue weighted by Crippen LogP contribution is -2.46. The summed E-state index contributed by atoms with van der Waals surface area (Å²) in [5, 5.41) is 13.9. The Morgan fingerprint density at radius 2 is 1.06 bits per heavy atom. The van der Waals surface area contributed by atoms with Crippen molar-refractivity contribution < 1.29 is 32.9 Å². The molecule has 1 unspecified atom stereocenters. The fourth-order valence-corrected chi connectivity index (χ4v) is 7.01. The number of allylic oxidation sites excluding steroid dienone is 2. The van der Waals surface area contributed by atoms with Crippen molar-refractivity contribution in [3.63, 3.8) is 0 Å². The summed E-state index contributed by atoms with van der Waals surface area (Å²) in [5.74, 6) is -0.148. The molecule has 0 aliphatic heterocycles. The minimum atomic E-state index is -4.30. The Morgan fingerprint density at radius 1 is 0.647 bits per heavy atom. The summed E-state index contributed by atoms with van der Waals surface area (Å²) >= 11 is 0. The molecule has 1 amide bonds. The number of phosphoric ester groups is 1. The highest BCUT2D eigenvalue weighted by atomic mass is 31.2. The number of likely N-dealkylation sites (N-methyl/N-ethyl adjacent to an activating group) is 1. The van der Waals surface area contributed by atoms with Gasteiger partial charge in [-0.3, -0.25) is 13.8 Å². The van der Waals surface area contributed by atoms with Gasteiger partial charge in [0.25, 0.3) is 0 Å². The van der Waals surface area contributed by atoms with Crippen molar-refractivity contribution >= 4 is 13.7 Å². The number of hydrogen-bond donors (Lipinski definition) is 3. The quantitative estimate of drug-likeness (QED) is 0.0250. The number of hydrogen-bond acceptors (Lipinski definition) is 5. The van der Waals surface area contributed by atoms with Crippen LogP contribution >= 0.6 is 7.82 Å². The highest BCUT2D eigenvalue weighted by molar-refractivity contribution is 7.47. The molecule has 0 aliphatic carbocycles. The van der Waals surface area contributed by atoms with Crippen molar-refractivity contribution in [3.8, 4) is 0 Å². The Balaban J connectivity index is 4.29. The molecule has 51 heavy (non-hydrogen) atoms. The smallest absolute Gasteiger partial charge is 0.391 e. The van der Waals surface area contributed by atoms with Gasteiger partial charge in [-0.25, -0.2) is 4.57 Å². The van der Waals surface area contributed by atoms with Crippen molar-refractivity contribution in [1.29, 1.82) is 0 Å². The molecule has 0 spiro atoms. The molecule has 0 saturated carbocycles. The number of nitrogens with one attached hydrogen (secondary N) is 1. The average Bonchev–Trinajstić information content (AvgIpc) is 3.07. The molecule has 0 bridgehead atoms. The van der Waals surface area contributed by atoms with Crippen molar-refractivity contribution in [2.75, 3.05) is 40.9 Å². The van der Waals surface area contributed by atoms with Crippen LogP contribution in [0.2, 0.25) is 0 Å². The zero-order valence-corrected chi connectivity index (χ0v) is 35.3. The number of carbonyl (C=O) groups is 1. The maximum absolute atomic E-state index is 12.8. The molecule has 8 nitrogen and oxygen atoms in total. The van der Waals surface area contributed by atoms with Gasteiger partial charge in [-0.05, 0) is 38.5 Å². The predicted octanol–water partition coefficient (Wildman–Crippen LogP) is 11.6. The number of aliphatic hydroxyl groups is 1. The van der Waals surface area contributed by atoms with E-state index < -0.39 is 20.0 Å². The average molecular weight is 746 g/mol. The van der Waals surface area contributed by atoms with Gasteiger partial charge < -0.3 is 19.8 Å². The van der Waals surface area contributed by atoms with Crippen LogP contribution in [0.1, 0.15) is 200 Å². The van der Waals surface area contributed by atoms with E-state index in [1.165, 1.54) is 135 Å². The van der Waals surface area contributed by atoms with Crippen molar-refractivity contribution in [2.24, 2.45) is 0 Å². The Bertz CT molecular complexity index is 850. The summed E-state index contributed by atoms with van der Waals surface area (Å²) in [6, 6.07) is -0.755. The highest BCUT2D eigenvalue weighted by Gasteiger charge is 2.28. The van der Waals surface area contributed by atoms with Gasteiger partial charge >= 0.3 is 7.82 Å². The number of aliphatic hydroxyl groups excluding tert-OH is 1. The summed E-state index contributed by atoms with van der Waals surface area (Å²) in [6.45, 7) is 4.87. The number of nitrogens with zero attached hydrogens (tertiary/aromatic N) is 1. The zero-order valence-electron chi connectivity index (χ0n) is 34.4. The van der Waals surface area contributed by atoms with Crippen molar-refractivity contribution in [3.05, 3.63) is 12.2 Å². The van der Waals surface area contributed by atoms with Gasteiger partial charge in [-0.2, -0.15) is 0 Å². The van der Waals surface area contributed by atoms with Crippen LogP contribution in [0.3, 0.4) is 0 Å². The van der Waals surface area contributed by atoms with Crippen LogP contribution in [0.4, 0.5) is 0 Å². The minimum Gasteiger partial charge on any atom is -0.391 e. The van der Waals surface area contributed by atoms with Crippen LogP contribution in [0.5, 0.6) is 0 Å². The van der Waals surface area contributed by atoms with Gasteiger partial charge in [0.15, 0.2) is 0 Å². The molecule has 0 aromatic carbocycles. The summed E-state index contributed by atoms with van der Waals surface area (Å²) in [4.78, 5) is 23.1. The monoisotopic (exact) mass is 746 g/mol. The van der Waals surface area contributed by atoms with E-state index in [2.05, 4.69) is 31.3 Å². The van der Waals surface area contributed by atoms with E-state index in [9.17, 15) is 19.4 Å². The molecular weight excluding hydrogens is 659 g/mol. The number of rotatable bonds is 39. The van der Waals surface area contributed by atoms with Gasteiger partial charge in [-0.1, -0.05) is 167 Å². The molecule has 0 fully saturated rings. The number of unbranched alkanes of at least 4 members (excludes halogenated alkanes) is 24. The van der Waals surface area contributed by atoms with Crippen LogP contribution in [0, 0.1) is 0 Å². The van der Waals surface area contributed by atoms with E-state index >= 15 is 0 Å². The normalized spacial score (nSPS) is 14.6. The molecule has 0 saturated heterocycles. The topological polar surface area (TPSA) is 105 Å².